The highest BCUT2D eigenvalue weighted by atomic mass is 32.2. The Morgan fingerprint density at radius 3 is 2.82 bits per heavy atom. The number of sulfonamides is 1. The van der Waals surface area contributed by atoms with E-state index >= 15 is 0 Å². The lowest BCUT2D eigenvalue weighted by atomic mass is 9.96. The van der Waals surface area contributed by atoms with Crippen LogP contribution in [0, 0.1) is 0 Å². The monoisotopic (exact) mass is 398 g/mol. The van der Waals surface area contributed by atoms with Crippen LogP contribution in [-0.2, 0) is 10.0 Å². The third-order valence-electron chi connectivity index (χ3n) is 4.92. The molecular formula is C20H22N4O3S. The fourth-order valence-electron chi connectivity index (χ4n) is 3.66. The van der Waals surface area contributed by atoms with Gasteiger partial charge in [-0.3, -0.25) is 9.52 Å². The van der Waals surface area contributed by atoms with Crippen molar-refractivity contribution in [3.8, 4) is 0 Å². The molecule has 0 aliphatic carbocycles. The summed E-state index contributed by atoms with van der Waals surface area (Å²) in [5, 5.41) is 0. The largest absolute Gasteiger partial charge is 0.342 e. The first-order chi connectivity index (χ1) is 13.4. The van der Waals surface area contributed by atoms with E-state index in [0.717, 1.165) is 36.0 Å². The predicted octanol–water partition coefficient (Wildman–Crippen LogP) is 2.95. The number of carbonyl (C=O) groups is 1. The van der Waals surface area contributed by atoms with Crippen LogP contribution >= 0.6 is 0 Å². The summed E-state index contributed by atoms with van der Waals surface area (Å²) in [4.78, 5) is 22.9. The summed E-state index contributed by atoms with van der Waals surface area (Å²) in [6.07, 6.45) is 2.96. The Labute approximate surface area is 163 Å². The average Bonchev–Trinajstić information content (AvgIpc) is 3.11. The zero-order chi connectivity index (χ0) is 19.7. The van der Waals surface area contributed by atoms with Crippen LogP contribution in [0.4, 0.5) is 5.69 Å². The van der Waals surface area contributed by atoms with Crippen molar-refractivity contribution in [2.75, 3.05) is 24.1 Å². The van der Waals surface area contributed by atoms with Crippen molar-refractivity contribution in [3.05, 3.63) is 59.9 Å². The second-order valence-corrected chi connectivity index (χ2v) is 8.93. The maximum atomic E-state index is 13.0. The number of H-pyrrole nitrogens is 1. The van der Waals surface area contributed by atoms with E-state index in [1.807, 2.05) is 29.2 Å². The van der Waals surface area contributed by atoms with E-state index in [2.05, 4.69) is 14.7 Å². The highest BCUT2D eigenvalue weighted by Gasteiger charge is 2.27. The highest BCUT2D eigenvalue weighted by molar-refractivity contribution is 7.92. The molecule has 2 N–H and O–H groups in total. The molecular weight excluding hydrogens is 376 g/mol. The average molecular weight is 398 g/mol. The molecule has 1 amide bonds. The number of rotatable bonds is 4. The quantitative estimate of drug-likeness (QED) is 0.706. The van der Waals surface area contributed by atoms with Gasteiger partial charge in [-0.25, -0.2) is 13.4 Å². The molecule has 0 spiro atoms. The summed E-state index contributed by atoms with van der Waals surface area (Å²) in [5.41, 5.74) is 2.79. The Kier molecular flexibility index (Phi) is 4.80. The van der Waals surface area contributed by atoms with E-state index in [9.17, 15) is 13.2 Å². The molecule has 0 radical (unpaired) electrons. The number of para-hydroxylation sites is 2. The molecule has 3 aromatic rings. The molecule has 2 heterocycles. The van der Waals surface area contributed by atoms with Gasteiger partial charge in [-0.05, 0) is 43.2 Å². The molecule has 28 heavy (non-hydrogen) atoms. The van der Waals surface area contributed by atoms with Crippen LogP contribution in [0.2, 0.25) is 0 Å². The lowest BCUT2D eigenvalue weighted by Crippen LogP contribution is -2.39. The number of anilines is 1. The molecule has 0 saturated carbocycles. The summed E-state index contributed by atoms with van der Waals surface area (Å²) < 4.78 is 25.3. The maximum absolute atomic E-state index is 13.0. The number of aromatic amines is 1. The van der Waals surface area contributed by atoms with E-state index < -0.39 is 10.0 Å². The van der Waals surface area contributed by atoms with Gasteiger partial charge in [0.05, 0.1) is 17.3 Å². The highest BCUT2D eigenvalue weighted by Crippen LogP contribution is 2.28. The second kappa shape index (κ2) is 7.27. The first kappa shape index (κ1) is 18.5. The van der Waals surface area contributed by atoms with Crippen molar-refractivity contribution in [2.24, 2.45) is 0 Å². The standard InChI is InChI=1S/C20H22N4O3S/c1-28(26,27)23-16-8-4-6-14(12-16)20(25)24-11-5-7-15(13-24)19-21-17-9-2-3-10-18(17)22-19/h2-4,6,8-10,12,15,23H,5,7,11,13H2,1H3,(H,21,22). The third kappa shape index (κ3) is 4.01. The number of imidazole rings is 1. The van der Waals surface area contributed by atoms with Crippen molar-refractivity contribution in [2.45, 2.75) is 18.8 Å². The smallest absolute Gasteiger partial charge is 0.253 e. The Bertz CT molecular complexity index is 1090. The van der Waals surface area contributed by atoms with Crippen LogP contribution in [0.25, 0.3) is 11.0 Å². The van der Waals surface area contributed by atoms with Crippen LogP contribution < -0.4 is 4.72 Å². The number of nitrogens with zero attached hydrogens (tertiary/aromatic N) is 2. The van der Waals surface area contributed by atoms with E-state index in [1.54, 1.807) is 24.3 Å². The number of piperidine rings is 1. The van der Waals surface area contributed by atoms with Crippen molar-refractivity contribution in [3.63, 3.8) is 0 Å². The Morgan fingerprint density at radius 2 is 2.04 bits per heavy atom. The zero-order valence-electron chi connectivity index (χ0n) is 15.6. The van der Waals surface area contributed by atoms with Crippen molar-refractivity contribution in [1.29, 1.82) is 0 Å². The molecule has 146 valence electrons. The molecule has 1 aliphatic heterocycles. The molecule has 8 heteroatoms. The topological polar surface area (TPSA) is 95.2 Å². The number of nitrogens with one attached hydrogen (secondary N) is 2. The number of fused-ring (bicyclic) bond motifs is 1. The van der Waals surface area contributed by atoms with Crippen LogP contribution in [0.15, 0.2) is 48.5 Å². The van der Waals surface area contributed by atoms with Gasteiger partial charge in [0.25, 0.3) is 5.91 Å². The fraction of sp³-hybridized carbons (Fsp3) is 0.300. The van der Waals surface area contributed by atoms with Crippen LogP contribution in [-0.4, -0.2) is 48.5 Å². The molecule has 2 aromatic carbocycles. The van der Waals surface area contributed by atoms with Crippen LogP contribution in [0.1, 0.15) is 34.9 Å². The molecule has 0 bridgehead atoms. The minimum absolute atomic E-state index is 0.0991. The van der Waals surface area contributed by atoms with Crippen LogP contribution in [0.3, 0.4) is 0 Å². The van der Waals surface area contributed by atoms with Crippen LogP contribution in [0.5, 0.6) is 0 Å². The normalized spacial score (nSPS) is 17.6. The van der Waals surface area contributed by atoms with Gasteiger partial charge in [-0.1, -0.05) is 18.2 Å². The van der Waals surface area contributed by atoms with Gasteiger partial charge in [-0.15, -0.1) is 0 Å². The van der Waals surface area contributed by atoms with E-state index in [-0.39, 0.29) is 11.8 Å². The van der Waals surface area contributed by atoms with E-state index in [1.165, 1.54) is 0 Å². The molecule has 1 saturated heterocycles. The summed E-state index contributed by atoms with van der Waals surface area (Å²) in [6.45, 7) is 1.27. The lowest BCUT2D eigenvalue weighted by Gasteiger charge is -2.32. The zero-order valence-corrected chi connectivity index (χ0v) is 16.4. The molecule has 1 atom stereocenters. The minimum Gasteiger partial charge on any atom is -0.342 e. The molecule has 1 fully saturated rings. The first-order valence-electron chi connectivity index (χ1n) is 9.21. The van der Waals surface area contributed by atoms with Gasteiger partial charge < -0.3 is 9.88 Å². The molecule has 1 aliphatic rings. The SMILES string of the molecule is CS(=O)(=O)Nc1cccc(C(=O)N2CCCC(c3nc4ccccc4[nH]3)C2)c1. The lowest BCUT2D eigenvalue weighted by molar-refractivity contribution is 0.0705. The summed E-state index contributed by atoms with van der Waals surface area (Å²) in [7, 11) is -3.39. The first-order valence-corrected chi connectivity index (χ1v) is 11.1. The van der Waals surface area contributed by atoms with Crippen molar-refractivity contribution >= 4 is 32.7 Å². The van der Waals surface area contributed by atoms with E-state index in [4.69, 9.17) is 0 Å². The number of hydrogen-bond donors (Lipinski definition) is 2. The van der Waals surface area contributed by atoms with Gasteiger partial charge in [0, 0.05) is 30.3 Å². The molecule has 4 rings (SSSR count). The number of hydrogen-bond acceptors (Lipinski definition) is 4. The summed E-state index contributed by atoms with van der Waals surface area (Å²) in [5.74, 6) is 0.964. The Morgan fingerprint density at radius 1 is 1.21 bits per heavy atom. The van der Waals surface area contributed by atoms with Gasteiger partial charge in [0.1, 0.15) is 5.82 Å². The van der Waals surface area contributed by atoms with Gasteiger partial charge in [0.15, 0.2) is 0 Å². The predicted molar refractivity (Wildman–Crippen MR) is 109 cm³/mol. The van der Waals surface area contributed by atoms with Gasteiger partial charge in [-0.2, -0.15) is 0 Å². The van der Waals surface area contributed by atoms with Crippen molar-refractivity contribution < 1.29 is 13.2 Å². The minimum atomic E-state index is -3.39. The third-order valence-corrected chi connectivity index (χ3v) is 5.52. The molecule has 1 unspecified atom stereocenters. The summed E-state index contributed by atoms with van der Waals surface area (Å²) >= 11 is 0. The fourth-order valence-corrected chi connectivity index (χ4v) is 4.22. The number of carbonyl (C=O) groups excluding carboxylic acids is 1. The molecule has 1 aromatic heterocycles. The number of amides is 1. The molecule has 7 nitrogen and oxygen atoms in total. The van der Waals surface area contributed by atoms with E-state index in [0.29, 0.717) is 24.3 Å². The Balaban J connectivity index is 1.52. The van der Waals surface area contributed by atoms with Gasteiger partial charge >= 0.3 is 0 Å². The number of aromatic nitrogens is 2. The number of likely N-dealkylation sites (tertiary alicyclic amines) is 1. The summed E-state index contributed by atoms with van der Waals surface area (Å²) in [6, 6.07) is 14.5. The maximum Gasteiger partial charge on any atom is 0.253 e. The Hall–Kier alpha value is -2.87. The second-order valence-electron chi connectivity index (χ2n) is 7.18. The number of benzene rings is 2. The van der Waals surface area contributed by atoms with Gasteiger partial charge in [0.2, 0.25) is 10.0 Å². The van der Waals surface area contributed by atoms with Crippen molar-refractivity contribution in [1.82, 2.24) is 14.9 Å².